The van der Waals surface area contributed by atoms with Crippen LogP contribution in [0.2, 0.25) is 0 Å². The van der Waals surface area contributed by atoms with E-state index in [2.05, 4.69) is 30.2 Å². The molecule has 0 spiro atoms. The van der Waals surface area contributed by atoms with Crippen molar-refractivity contribution in [1.82, 2.24) is 29.4 Å². The Morgan fingerprint density at radius 1 is 1.30 bits per heavy atom. The first-order valence-corrected chi connectivity index (χ1v) is 12.2. The number of H-pyrrole nitrogens is 1. The highest BCUT2D eigenvalue weighted by atomic mass is 31.2. The van der Waals surface area contributed by atoms with E-state index in [0.29, 0.717) is 17.3 Å². The lowest BCUT2D eigenvalue weighted by atomic mass is 10.3. The normalized spacial score (nSPS) is 13.6. The van der Waals surface area contributed by atoms with Crippen LogP contribution >= 0.6 is 7.14 Å². The summed E-state index contributed by atoms with van der Waals surface area (Å²) < 4.78 is 14.4. The van der Waals surface area contributed by atoms with E-state index in [1.807, 2.05) is 33.2 Å². The van der Waals surface area contributed by atoms with Crippen LogP contribution in [0.3, 0.4) is 0 Å². The van der Waals surface area contributed by atoms with Gasteiger partial charge in [-0.1, -0.05) is 13.0 Å². The number of nitrogens with one attached hydrogen (secondary N) is 2. The zero-order valence-electron chi connectivity index (χ0n) is 17.8. The van der Waals surface area contributed by atoms with Crippen molar-refractivity contribution in [3.8, 4) is 0 Å². The SMILES string of the molecule is CCC[P@@](C)(=O)c1nc(N)c2[nH]c(=O)n(Cc3ccc(NCCN(C)C)nc3)c2n1. The van der Waals surface area contributed by atoms with Gasteiger partial charge in [0.2, 0.25) is 0 Å². The lowest BCUT2D eigenvalue weighted by Gasteiger charge is -2.12. The Labute approximate surface area is 175 Å². The zero-order valence-corrected chi connectivity index (χ0v) is 18.7. The molecular weight excluding hydrogens is 403 g/mol. The van der Waals surface area contributed by atoms with Gasteiger partial charge in [-0.05, 0) is 38.8 Å². The van der Waals surface area contributed by atoms with Gasteiger partial charge in [-0.2, -0.15) is 0 Å². The molecule has 0 aliphatic carbocycles. The summed E-state index contributed by atoms with van der Waals surface area (Å²) in [6, 6.07) is 3.78. The maximum absolute atomic E-state index is 13.0. The number of rotatable bonds is 9. The Morgan fingerprint density at radius 3 is 2.70 bits per heavy atom. The van der Waals surface area contributed by atoms with Gasteiger partial charge < -0.3 is 25.5 Å². The topological polar surface area (TPSA) is 135 Å². The number of pyridine rings is 1. The van der Waals surface area contributed by atoms with Crippen LogP contribution in [0, 0.1) is 0 Å². The third kappa shape index (κ3) is 4.88. The van der Waals surface area contributed by atoms with Gasteiger partial charge in [-0.15, -0.1) is 0 Å². The largest absolute Gasteiger partial charge is 0.382 e. The first kappa shape index (κ1) is 22.0. The van der Waals surface area contributed by atoms with Crippen molar-refractivity contribution >= 4 is 35.5 Å². The molecule has 0 aliphatic heterocycles. The van der Waals surface area contributed by atoms with Crippen LogP contribution in [0.1, 0.15) is 18.9 Å². The molecule has 0 unspecified atom stereocenters. The third-order valence-electron chi connectivity index (χ3n) is 4.74. The fourth-order valence-corrected chi connectivity index (χ4v) is 4.82. The average Bonchev–Trinajstić information content (AvgIpc) is 2.99. The van der Waals surface area contributed by atoms with Crippen molar-refractivity contribution in [3.05, 3.63) is 34.4 Å². The number of imidazole rings is 1. The van der Waals surface area contributed by atoms with E-state index in [4.69, 9.17) is 5.73 Å². The van der Waals surface area contributed by atoms with Crippen molar-refractivity contribution < 1.29 is 4.57 Å². The van der Waals surface area contributed by atoms with E-state index in [-0.39, 0.29) is 23.6 Å². The Hall–Kier alpha value is -2.71. The fraction of sp³-hybridized carbons (Fsp3) is 0.474. The minimum Gasteiger partial charge on any atom is -0.382 e. The number of anilines is 2. The number of nitrogen functional groups attached to an aromatic ring is 1. The molecule has 162 valence electrons. The quantitative estimate of drug-likeness (QED) is 0.429. The number of aromatic amines is 1. The van der Waals surface area contributed by atoms with Gasteiger partial charge in [0.05, 0.1) is 6.54 Å². The number of hydrogen-bond acceptors (Lipinski definition) is 8. The molecule has 3 aromatic rings. The van der Waals surface area contributed by atoms with E-state index in [9.17, 15) is 9.36 Å². The second-order valence-corrected chi connectivity index (χ2v) is 10.8. The summed E-state index contributed by atoms with van der Waals surface area (Å²) in [5.74, 6) is 0.898. The molecule has 10 nitrogen and oxygen atoms in total. The first-order valence-electron chi connectivity index (χ1n) is 9.88. The molecule has 4 N–H and O–H groups in total. The maximum Gasteiger partial charge on any atom is 0.328 e. The summed E-state index contributed by atoms with van der Waals surface area (Å²) in [5.41, 5.74) is 7.44. The standard InChI is InChI=1S/C19H29N8O2P/c1-5-10-30(4,29)18-24-16(20)15-17(25-18)27(19(28)23-15)12-13-6-7-14(22-11-13)21-8-9-26(2)3/h6-7,11H,5,8-10,12H2,1-4H3,(H,21,22)(H,23,28)(H2,20,24,25)/t30-/m1/s1. The summed E-state index contributed by atoms with van der Waals surface area (Å²) >= 11 is 0. The predicted molar refractivity (Wildman–Crippen MR) is 121 cm³/mol. The highest BCUT2D eigenvalue weighted by Crippen LogP contribution is 2.39. The molecule has 3 rings (SSSR count). The lowest BCUT2D eigenvalue weighted by Crippen LogP contribution is -2.21. The first-order chi connectivity index (χ1) is 14.2. The minimum absolute atomic E-state index is 0.127. The van der Waals surface area contributed by atoms with E-state index < -0.39 is 7.14 Å². The van der Waals surface area contributed by atoms with Gasteiger partial charge in [-0.25, -0.2) is 19.7 Å². The Morgan fingerprint density at radius 2 is 2.07 bits per heavy atom. The molecule has 0 bridgehead atoms. The molecule has 3 heterocycles. The molecule has 30 heavy (non-hydrogen) atoms. The smallest absolute Gasteiger partial charge is 0.328 e. The van der Waals surface area contributed by atoms with E-state index >= 15 is 0 Å². The summed E-state index contributed by atoms with van der Waals surface area (Å²) in [6.45, 7) is 5.56. The van der Waals surface area contributed by atoms with Gasteiger partial charge in [0.15, 0.2) is 17.0 Å². The van der Waals surface area contributed by atoms with Crippen LogP contribution in [-0.2, 0) is 11.1 Å². The van der Waals surface area contributed by atoms with Crippen molar-refractivity contribution in [3.63, 3.8) is 0 Å². The van der Waals surface area contributed by atoms with Crippen LogP contribution in [0.25, 0.3) is 11.2 Å². The summed E-state index contributed by atoms with van der Waals surface area (Å²) in [6.07, 6.45) is 2.95. The minimum atomic E-state index is -2.75. The number of fused-ring (bicyclic) bond motifs is 1. The molecular formula is C19H29N8O2P. The molecule has 0 aromatic carbocycles. The monoisotopic (exact) mass is 432 g/mol. The molecule has 0 amide bonds. The molecule has 0 saturated carbocycles. The van der Waals surface area contributed by atoms with E-state index in [1.165, 1.54) is 4.57 Å². The van der Waals surface area contributed by atoms with Gasteiger partial charge >= 0.3 is 5.69 Å². The van der Waals surface area contributed by atoms with Crippen LogP contribution < -0.4 is 22.3 Å². The van der Waals surface area contributed by atoms with Crippen molar-refractivity contribution in [2.45, 2.75) is 19.9 Å². The van der Waals surface area contributed by atoms with E-state index in [1.54, 1.807) is 12.9 Å². The molecule has 0 fully saturated rings. The fourth-order valence-electron chi connectivity index (χ4n) is 3.14. The number of aromatic nitrogens is 5. The van der Waals surface area contributed by atoms with Crippen LogP contribution in [0.4, 0.5) is 11.6 Å². The van der Waals surface area contributed by atoms with Gasteiger partial charge in [0, 0.05) is 25.4 Å². The van der Waals surface area contributed by atoms with Crippen LogP contribution in [0.5, 0.6) is 0 Å². The zero-order chi connectivity index (χ0) is 21.9. The van der Waals surface area contributed by atoms with Gasteiger partial charge in [0.25, 0.3) is 0 Å². The number of nitrogens with zero attached hydrogens (tertiary/aromatic N) is 5. The molecule has 0 saturated heterocycles. The summed E-state index contributed by atoms with van der Waals surface area (Å²) in [5, 5.41) is 3.25. The molecule has 3 aromatic heterocycles. The van der Waals surface area contributed by atoms with Crippen molar-refractivity contribution in [2.24, 2.45) is 0 Å². The predicted octanol–water partition coefficient (Wildman–Crippen LogP) is 1.15. The molecule has 0 aliphatic rings. The Kier molecular flexibility index (Phi) is 6.58. The van der Waals surface area contributed by atoms with Crippen molar-refractivity contribution in [2.75, 3.05) is 51.1 Å². The second kappa shape index (κ2) is 8.97. The van der Waals surface area contributed by atoms with Crippen molar-refractivity contribution in [1.29, 1.82) is 0 Å². The third-order valence-corrected chi connectivity index (χ3v) is 7.09. The number of nitrogens with two attached hydrogens (primary N) is 1. The maximum atomic E-state index is 13.0. The Bertz CT molecular complexity index is 1120. The highest BCUT2D eigenvalue weighted by molar-refractivity contribution is 7.70. The highest BCUT2D eigenvalue weighted by Gasteiger charge is 2.24. The summed E-state index contributed by atoms with van der Waals surface area (Å²) in [7, 11) is 1.28. The van der Waals surface area contributed by atoms with Gasteiger partial charge in [0.1, 0.15) is 18.5 Å². The second-order valence-electron chi connectivity index (χ2n) is 7.73. The number of hydrogen-bond donors (Lipinski definition) is 3. The van der Waals surface area contributed by atoms with Gasteiger partial charge in [-0.3, -0.25) is 4.57 Å². The summed E-state index contributed by atoms with van der Waals surface area (Å²) in [4.78, 5) is 30.4. The molecule has 0 radical (unpaired) electrons. The molecule has 11 heteroatoms. The average molecular weight is 432 g/mol. The molecule has 1 atom stereocenters. The van der Waals surface area contributed by atoms with Crippen LogP contribution in [0.15, 0.2) is 23.1 Å². The van der Waals surface area contributed by atoms with E-state index in [0.717, 1.165) is 30.9 Å². The Balaban J connectivity index is 1.89. The number of likely N-dealkylation sites (N-methyl/N-ethyl adjacent to an activating group) is 1. The lowest BCUT2D eigenvalue weighted by molar-refractivity contribution is 0.425. The van der Waals surface area contributed by atoms with Crippen LogP contribution in [-0.4, -0.2) is 69.4 Å².